The van der Waals surface area contributed by atoms with Gasteiger partial charge in [-0.15, -0.1) is 0 Å². The molecule has 17 heavy (non-hydrogen) atoms. The van der Waals surface area contributed by atoms with E-state index in [9.17, 15) is 8.42 Å². The molecule has 0 bridgehead atoms. The van der Waals surface area contributed by atoms with Gasteiger partial charge in [0.2, 0.25) is 10.0 Å². The average molecular weight is 257 g/mol. The Morgan fingerprint density at radius 3 is 2.65 bits per heavy atom. The SMILES string of the molecule is Cn1cc(S(=O)(=O)NCC2(C)CC2)cc1CN. The second-order valence-electron chi connectivity index (χ2n) is 5.12. The van der Waals surface area contributed by atoms with E-state index in [0.717, 1.165) is 18.5 Å². The van der Waals surface area contributed by atoms with Gasteiger partial charge in [-0.05, 0) is 24.3 Å². The van der Waals surface area contributed by atoms with Gasteiger partial charge in [-0.3, -0.25) is 0 Å². The summed E-state index contributed by atoms with van der Waals surface area (Å²) in [6, 6.07) is 1.62. The van der Waals surface area contributed by atoms with Crippen LogP contribution >= 0.6 is 0 Å². The lowest BCUT2D eigenvalue weighted by molar-refractivity contribution is 0.530. The molecule has 3 N–H and O–H groups in total. The van der Waals surface area contributed by atoms with Gasteiger partial charge in [0.15, 0.2) is 0 Å². The van der Waals surface area contributed by atoms with Crippen molar-refractivity contribution < 1.29 is 8.42 Å². The summed E-state index contributed by atoms with van der Waals surface area (Å²) in [7, 11) is -1.60. The number of sulfonamides is 1. The highest BCUT2D eigenvalue weighted by molar-refractivity contribution is 7.89. The summed E-state index contributed by atoms with van der Waals surface area (Å²) in [5.74, 6) is 0. The van der Waals surface area contributed by atoms with Gasteiger partial charge >= 0.3 is 0 Å². The third kappa shape index (κ3) is 2.70. The zero-order valence-corrected chi connectivity index (χ0v) is 11.0. The molecule has 1 heterocycles. The minimum absolute atomic E-state index is 0.165. The highest BCUT2D eigenvalue weighted by Gasteiger charge is 2.38. The summed E-state index contributed by atoms with van der Waals surface area (Å²) < 4.78 is 28.4. The van der Waals surface area contributed by atoms with E-state index in [4.69, 9.17) is 5.73 Å². The monoisotopic (exact) mass is 257 g/mol. The van der Waals surface area contributed by atoms with Crippen molar-refractivity contribution in [3.63, 3.8) is 0 Å². The van der Waals surface area contributed by atoms with Gasteiger partial charge in [-0.2, -0.15) is 0 Å². The van der Waals surface area contributed by atoms with Crippen LogP contribution in [0.5, 0.6) is 0 Å². The van der Waals surface area contributed by atoms with E-state index in [2.05, 4.69) is 11.6 Å². The van der Waals surface area contributed by atoms with Crippen LogP contribution in [-0.2, 0) is 23.6 Å². The number of nitrogens with zero attached hydrogens (tertiary/aromatic N) is 1. The maximum Gasteiger partial charge on any atom is 0.242 e. The van der Waals surface area contributed by atoms with E-state index in [1.165, 1.54) is 0 Å². The first-order valence-electron chi connectivity index (χ1n) is 5.71. The lowest BCUT2D eigenvalue weighted by Gasteiger charge is -2.09. The van der Waals surface area contributed by atoms with Crippen LogP contribution in [0.2, 0.25) is 0 Å². The molecule has 6 heteroatoms. The number of hydrogen-bond acceptors (Lipinski definition) is 3. The third-order valence-corrected chi connectivity index (χ3v) is 4.76. The lowest BCUT2D eigenvalue weighted by atomic mass is 10.2. The predicted molar refractivity (Wildman–Crippen MR) is 65.8 cm³/mol. The second-order valence-corrected chi connectivity index (χ2v) is 6.88. The van der Waals surface area contributed by atoms with Crippen LogP contribution in [0.4, 0.5) is 0 Å². The van der Waals surface area contributed by atoms with Crippen molar-refractivity contribution in [1.82, 2.24) is 9.29 Å². The van der Waals surface area contributed by atoms with E-state index >= 15 is 0 Å². The van der Waals surface area contributed by atoms with Crippen molar-refractivity contribution in [2.75, 3.05) is 6.54 Å². The molecule has 0 amide bonds. The molecular weight excluding hydrogens is 238 g/mol. The van der Waals surface area contributed by atoms with Crippen LogP contribution in [0.25, 0.3) is 0 Å². The Morgan fingerprint density at radius 2 is 2.18 bits per heavy atom. The highest BCUT2D eigenvalue weighted by atomic mass is 32.2. The summed E-state index contributed by atoms with van der Waals surface area (Å²) in [4.78, 5) is 0.296. The van der Waals surface area contributed by atoms with Gasteiger partial charge in [-0.1, -0.05) is 6.92 Å². The fourth-order valence-corrected chi connectivity index (χ4v) is 2.96. The first-order valence-corrected chi connectivity index (χ1v) is 7.20. The molecule has 0 unspecified atom stereocenters. The first-order chi connectivity index (χ1) is 7.86. The molecule has 1 aliphatic carbocycles. The Balaban J connectivity index is 2.13. The van der Waals surface area contributed by atoms with Gasteiger partial charge in [0.1, 0.15) is 0 Å². The number of hydrogen-bond donors (Lipinski definition) is 2. The molecule has 1 aromatic heterocycles. The Hall–Kier alpha value is -0.850. The summed E-state index contributed by atoms with van der Waals surface area (Å²) in [6.07, 6.45) is 3.79. The van der Waals surface area contributed by atoms with Crippen molar-refractivity contribution in [2.45, 2.75) is 31.2 Å². The Bertz CT molecular complexity index is 515. The molecule has 0 atom stereocenters. The maximum atomic E-state index is 12.0. The number of rotatable bonds is 5. The molecule has 0 aliphatic heterocycles. The van der Waals surface area contributed by atoms with Crippen molar-refractivity contribution in [1.29, 1.82) is 0 Å². The molecule has 96 valence electrons. The number of nitrogens with one attached hydrogen (secondary N) is 1. The van der Waals surface area contributed by atoms with Crippen molar-refractivity contribution in [3.8, 4) is 0 Å². The molecule has 2 rings (SSSR count). The van der Waals surface area contributed by atoms with Gasteiger partial charge in [0.25, 0.3) is 0 Å². The Labute approximate surface area is 102 Å². The molecule has 5 nitrogen and oxygen atoms in total. The van der Waals surface area contributed by atoms with Crippen LogP contribution in [0, 0.1) is 5.41 Å². The average Bonchev–Trinajstić information content (AvgIpc) is 2.87. The minimum atomic E-state index is -3.39. The first kappa shape index (κ1) is 12.6. The number of aromatic nitrogens is 1. The fraction of sp³-hybridized carbons (Fsp3) is 0.636. The summed E-state index contributed by atoms with van der Waals surface area (Å²) in [5.41, 5.74) is 6.50. The zero-order valence-electron chi connectivity index (χ0n) is 10.2. The molecule has 0 spiro atoms. The van der Waals surface area contributed by atoms with Gasteiger partial charge in [0.05, 0.1) is 4.90 Å². The van der Waals surface area contributed by atoms with E-state index in [1.54, 1.807) is 23.9 Å². The van der Waals surface area contributed by atoms with Crippen LogP contribution in [0.1, 0.15) is 25.5 Å². The molecular formula is C11H19N3O2S. The van der Waals surface area contributed by atoms with E-state index in [1.807, 2.05) is 0 Å². The van der Waals surface area contributed by atoms with Crippen LogP contribution < -0.4 is 10.5 Å². The van der Waals surface area contributed by atoms with E-state index < -0.39 is 10.0 Å². The quantitative estimate of drug-likeness (QED) is 0.809. The largest absolute Gasteiger partial charge is 0.352 e. The minimum Gasteiger partial charge on any atom is -0.352 e. The van der Waals surface area contributed by atoms with Crippen molar-refractivity contribution >= 4 is 10.0 Å². The molecule has 0 radical (unpaired) electrons. The summed E-state index contributed by atoms with van der Waals surface area (Å²) >= 11 is 0. The highest BCUT2D eigenvalue weighted by Crippen LogP contribution is 2.44. The summed E-state index contributed by atoms with van der Waals surface area (Å²) in [5, 5.41) is 0. The lowest BCUT2D eigenvalue weighted by Crippen LogP contribution is -2.28. The molecule has 1 aromatic rings. The smallest absolute Gasteiger partial charge is 0.242 e. The fourth-order valence-electron chi connectivity index (χ4n) is 1.67. The molecule has 0 aromatic carbocycles. The predicted octanol–water partition coefficient (Wildman–Crippen LogP) is 0.562. The molecule has 0 saturated heterocycles. The van der Waals surface area contributed by atoms with E-state index in [0.29, 0.717) is 18.0 Å². The van der Waals surface area contributed by atoms with Crippen molar-refractivity contribution in [3.05, 3.63) is 18.0 Å². The van der Waals surface area contributed by atoms with Gasteiger partial charge in [0, 0.05) is 32.0 Å². The topological polar surface area (TPSA) is 77.1 Å². The number of aryl methyl sites for hydroxylation is 1. The van der Waals surface area contributed by atoms with Crippen LogP contribution in [0.15, 0.2) is 17.2 Å². The van der Waals surface area contributed by atoms with Crippen LogP contribution in [-0.4, -0.2) is 19.5 Å². The molecule has 1 saturated carbocycles. The van der Waals surface area contributed by atoms with E-state index in [-0.39, 0.29) is 5.41 Å². The Morgan fingerprint density at radius 1 is 1.53 bits per heavy atom. The van der Waals surface area contributed by atoms with Gasteiger partial charge < -0.3 is 10.3 Å². The molecule has 1 fully saturated rings. The zero-order chi connectivity index (χ0) is 12.7. The van der Waals surface area contributed by atoms with Gasteiger partial charge in [-0.25, -0.2) is 13.1 Å². The van der Waals surface area contributed by atoms with Crippen LogP contribution in [0.3, 0.4) is 0 Å². The molecule has 1 aliphatic rings. The summed E-state index contributed by atoms with van der Waals surface area (Å²) in [6.45, 7) is 2.94. The Kier molecular flexibility index (Phi) is 3.05. The second kappa shape index (κ2) is 4.12. The maximum absolute atomic E-state index is 12.0. The standard InChI is InChI=1S/C11H19N3O2S/c1-11(3-4-11)8-13-17(15,16)10-5-9(6-12)14(2)7-10/h5,7,13H,3-4,6,8,12H2,1-2H3. The van der Waals surface area contributed by atoms with Crippen molar-refractivity contribution in [2.24, 2.45) is 18.2 Å². The third-order valence-electron chi connectivity index (χ3n) is 3.39. The number of nitrogens with two attached hydrogens (primary N) is 1. The normalized spacial score (nSPS) is 18.3.